The van der Waals surface area contributed by atoms with Crippen molar-refractivity contribution in [2.24, 2.45) is 0 Å². The average molecular weight is 310 g/mol. The maximum absolute atomic E-state index is 12.3. The third-order valence-electron chi connectivity index (χ3n) is 3.51. The molecule has 0 atom stereocenters. The van der Waals surface area contributed by atoms with E-state index < -0.39 is 4.92 Å². The van der Waals surface area contributed by atoms with E-state index in [1.807, 2.05) is 31.2 Å². The van der Waals surface area contributed by atoms with Crippen molar-refractivity contribution < 1.29 is 9.72 Å². The lowest BCUT2D eigenvalue weighted by Gasteiger charge is -2.04. The highest BCUT2D eigenvalue weighted by Gasteiger charge is 2.17. The molecule has 0 saturated carbocycles. The SMILES string of the molecule is Cc1cccc(CNC(=O)c2n[nH]c3ccc([N+](=O)[O-])cc23)c1. The molecule has 2 aromatic carbocycles. The molecule has 3 aromatic rings. The Morgan fingerprint density at radius 2 is 2.13 bits per heavy atom. The first-order valence-electron chi connectivity index (χ1n) is 7.01. The molecule has 0 saturated heterocycles. The summed E-state index contributed by atoms with van der Waals surface area (Å²) < 4.78 is 0. The number of aromatic nitrogens is 2. The van der Waals surface area contributed by atoms with Crippen molar-refractivity contribution >= 4 is 22.5 Å². The summed E-state index contributed by atoms with van der Waals surface area (Å²) in [5.74, 6) is -0.377. The Balaban J connectivity index is 1.83. The van der Waals surface area contributed by atoms with E-state index in [1.54, 1.807) is 0 Å². The van der Waals surface area contributed by atoms with Gasteiger partial charge in [0.25, 0.3) is 11.6 Å². The van der Waals surface area contributed by atoms with E-state index >= 15 is 0 Å². The van der Waals surface area contributed by atoms with Crippen LogP contribution in [0.15, 0.2) is 42.5 Å². The van der Waals surface area contributed by atoms with Crippen molar-refractivity contribution in [1.29, 1.82) is 0 Å². The molecule has 116 valence electrons. The summed E-state index contributed by atoms with van der Waals surface area (Å²) in [5, 5.41) is 20.7. The third-order valence-corrected chi connectivity index (χ3v) is 3.51. The summed E-state index contributed by atoms with van der Waals surface area (Å²) in [6.07, 6.45) is 0. The van der Waals surface area contributed by atoms with Crippen molar-refractivity contribution in [2.75, 3.05) is 0 Å². The van der Waals surface area contributed by atoms with Crippen molar-refractivity contribution in [1.82, 2.24) is 15.5 Å². The largest absolute Gasteiger partial charge is 0.347 e. The van der Waals surface area contributed by atoms with Crippen LogP contribution < -0.4 is 5.32 Å². The number of hydrogen-bond donors (Lipinski definition) is 2. The normalized spacial score (nSPS) is 10.7. The number of rotatable bonds is 4. The molecule has 23 heavy (non-hydrogen) atoms. The van der Waals surface area contributed by atoms with Gasteiger partial charge in [0.15, 0.2) is 5.69 Å². The second-order valence-corrected chi connectivity index (χ2v) is 5.23. The van der Waals surface area contributed by atoms with E-state index in [9.17, 15) is 14.9 Å². The molecule has 0 radical (unpaired) electrons. The maximum atomic E-state index is 12.3. The highest BCUT2D eigenvalue weighted by Crippen LogP contribution is 2.22. The van der Waals surface area contributed by atoms with Gasteiger partial charge in [-0.3, -0.25) is 20.0 Å². The van der Waals surface area contributed by atoms with Crippen molar-refractivity contribution in [2.45, 2.75) is 13.5 Å². The summed E-state index contributed by atoms with van der Waals surface area (Å²) in [7, 11) is 0. The number of aromatic amines is 1. The number of nitrogens with one attached hydrogen (secondary N) is 2. The number of nitro benzene ring substituents is 1. The Bertz CT molecular complexity index is 901. The minimum absolute atomic E-state index is 0.0772. The number of aryl methyl sites for hydroxylation is 1. The Morgan fingerprint density at radius 3 is 2.87 bits per heavy atom. The van der Waals surface area contributed by atoms with Gasteiger partial charge in [-0.15, -0.1) is 0 Å². The van der Waals surface area contributed by atoms with E-state index in [-0.39, 0.29) is 17.3 Å². The molecule has 7 nitrogen and oxygen atoms in total. The number of amides is 1. The van der Waals surface area contributed by atoms with Gasteiger partial charge in [-0.05, 0) is 18.6 Å². The van der Waals surface area contributed by atoms with Gasteiger partial charge >= 0.3 is 0 Å². The highest BCUT2D eigenvalue weighted by atomic mass is 16.6. The fourth-order valence-electron chi connectivity index (χ4n) is 2.38. The van der Waals surface area contributed by atoms with Crippen LogP contribution in [-0.4, -0.2) is 21.0 Å². The molecular weight excluding hydrogens is 296 g/mol. The van der Waals surface area contributed by atoms with Gasteiger partial charge in [-0.2, -0.15) is 5.10 Å². The fraction of sp³-hybridized carbons (Fsp3) is 0.125. The van der Waals surface area contributed by atoms with Gasteiger partial charge in [0.2, 0.25) is 0 Å². The molecule has 1 aromatic heterocycles. The molecule has 2 N–H and O–H groups in total. The van der Waals surface area contributed by atoms with Gasteiger partial charge in [-0.25, -0.2) is 0 Å². The zero-order valence-electron chi connectivity index (χ0n) is 12.4. The molecule has 1 amide bonds. The van der Waals surface area contributed by atoms with Crippen LogP contribution in [0.5, 0.6) is 0 Å². The lowest BCUT2D eigenvalue weighted by molar-refractivity contribution is -0.384. The number of nitro groups is 1. The van der Waals surface area contributed by atoms with Crippen molar-refractivity contribution in [3.63, 3.8) is 0 Å². The lowest BCUT2D eigenvalue weighted by atomic mass is 10.1. The summed E-state index contributed by atoms with van der Waals surface area (Å²) in [4.78, 5) is 22.7. The molecular formula is C16H14N4O3. The summed E-state index contributed by atoms with van der Waals surface area (Å²) in [6, 6.07) is 12.1. The molecule has 0 bridgehead atoms. The van der Waals surface area contributed by atoms with Gasteiger partial charge in [0.05, 0.1) is 10.4 Å². The summed E-state index contributed by atoms with van der Waals surface area (Å²) in [5.41, 5.74) is 2.74. The van der Waals surface area contributed by atoms with E-state index in [2.05, 4.69) is 15.5 Å². The highest BCUT2D eigenvalue weighted by molar-refractivity contribution is 6.05. The number of benzene rings is 2. The first-order chi connectivity index (χ1) is 11.0. The zero-order valence-corrected chi connectivity index (χ0v) is 12.4. The average Bonchev–Trinajstić information content (AvgIpc) is 2.95. The van der Waals surface area contributed by atoms with Gasteiger partial charge in [0.1, 0.15) is 0 Å². The molecule has 0 aliphatic carbocycles. The molecule has 7 heteroatoms. The Labute approximate surface area is 131 Å². The number of hydrogen-bond acceptors (Lipinski definition) is 4. The van der Waals surface area contributed by atoms with E-state index in [1.165, 1.54) is 18.2 Å². The van der Waals surface area contributed by atoms with Crippen molar-refractivity contribution in [3.8, 4) is 0 Å². The molecule has 0 unspecified atom stereocenters. The molecule has 0 aliphatic rings. The van der Waals surface area contributed by atoms with Gasteiger partial charge in [-0.1, -0.05) is 29.8 Å². The third kappa shape index (κ3) is 3.03. The van der Waals surface area contributed by atoms with Crippen LogP contribution in [0, 0.1) is 17.0 Å². The number of nitrogens with zero attached hydrogens (tertiary/aromatic N) is 2. The fourth-order valence-corrected chi connectivity index (χ4v) is 2.38. The minimum Gasteiger partial charge on any atom is -0.347 e. The minimum atomic E-state index is -0.499. The topological polar surface area (TPSA) is 101 Å². The number of carbonyl (C=O) groups is 1. The zero-order chi connectivity index (χ0) is 16.4. The maximum Gasteiger partial charge on any atom is 0.272 e. The lowest BCUT2D eigenvalue weighted by Crippen LogP contribution is -2.23. The number of fused-ring (bicyclic) bond motifs is 1. The van der Waals surface area contributed by atoms with Crippen LogP contribution in [0.3, 0.4) is 0 Å². The smallest absolute Gasteiger partial charge is 0.272 e. The second kappa shape index (κ2) is 5.88. The Kier molecular flexibility index (Phi) is 3.76. The monoisotopic (exact) mass is 310 g/mol. The van der Waals surface area contributed by atoms with E-state index in [0.717, 1.165) is 11.1 Å². The first-order valence-corrected chi connectivity index (χ1v) is 7.01. The van der Waals surface area contributed by atoms with Crippen molar-refractivity contribution in [3.05, 3.63) is 69.4 Å². The van der Waals surface area contributed by atoms with Crippen LogP contribution >= 0.6 is 0 Å². The standard InChI is InChI=1S/C16H14N4O3/c1-10-3-2-4-11(7-10)9-17-16(21)15-13-8-12(20(22)23)5-6-14(13)18-19-15/h2-8H,9H2,1H3,(H,17,21)(H,18,19). The molecule has 1 heterocycles. The summed E-state index contributed by atoms with van der Waals surface area (Å²) >= 11 is 0. The number of carbonyl (C=O) groups excluding carboxylic acids is 1. The molecule has 0 fully saturated rings. The summed E-state index contributed by atoms with van der Waals surface area (Å²) in [6.45, 7) is 2.34. The predicted molar refractivity (Wildman–Crippen MR) is 85.1 cm³/mol. The van der Waals surface area contributed by atoms with Gasteiger partial charge < -0.3 is 5.32 Å². The number of H-pyrrole nitrogens is 1. The van der Waals surface area contributed by atoms with Crippen LogP contribution in [0.25, 0.3) is 10.9 Å². The van der Waals surface area contributed by atoms with Crippen LogP contribution in [0.4, 0.5) is 5.69 Å². The van der Waals surface area contributed by atoms with E-state index in [0.29, 0.717) is 17.4 Å². The first kappa shape index (κ1) is 14.7. The van der Waals surface area contributed by atoms with E-state index in [4.69, 9.17) is 0 Å². The predicted octanol–water partition coefficient (Wildman–Crippen LogP) is 2.71. The molecule has 0 aliphatic heterocycles. The van der Waals surface area contributed by atoms with Crippen LogP contribution in [-0.2, 0) is 6.54 Å². The Hall–Kier alpha value is -3.22. The molecule has 0 spiro atoms. The molecule has 3 rings (SSSR count). The van der Waals surface area contributed by atoms with Crippen LogP contribution in [0.2, 0.25) is 0 Å². The quantitative estimate of drug-likeness (QED) is 0.571. The van der Waals surface area contributed by atoms with Gasteiger partial charge in [0, 0.05) is 24.1 Å². The Morgan fingerprint density at radius 1 is 1.30 bits per heavy atom. The van der Waals surface area contributed by atoms with Crippen LogP contribution in [0.1, 0.15) is 21.6 Å². The number of non-ortho nitro benzene ring substituents is 1. The second-order valence-electron chi connectivity index (χ2n) is 5.23.